The highest BCUT2D eigenvalue weighted by Gasteiger charge is 2.75. The van der Waals surface area contributed by atoms with E-state index in [1.54, 1.807) is 7.11 Å². The van der Waals surface area contributed by atoms with E-state index in [2.05, 4.69) is 18.7 Å². The Kier molecular flexibility index (Phi) is 5.25. The maximum Gasteiger partial charge on any atom is 0.416 e. The molecule has 0 aliphatic heterocycles. The first-order valence-corrected chi connectivity index (χ1v) is 14.8. The number of hydrogen-bond donors (Lipinski definition) is 0. The molecule has 5 atom stereocenters. The summed E-state index contributed by atoms with van der Waals surface area (Å²) in [5, 5.41) is 0. The molecule has 2 nitrogen and oxygen atoms in total. The fourth-order valence-electron chi connectivity index (χ4n) is 7.44. The quantitative estimate of drug-likeness (QED) is 0.353. The van der Waals surface area contributed by atoms with E-state index in [4.69, 9.17) is 9.16 Å². The number of alkyl halides is 3. The number of ether oxygens (including phenoxy) is 1. The summed E-state index contributed by atoms with van der Waals surface area (Å²) in [7, 11) is -0.769. The second-order valence-electron chi connectivity index (χ2n) is 11.0. The Balaban J connectivity index is 1.82. The van der Waals surface area contributed by atoms with Crippen molar-refractivity contribution < 1.29 is 22.3 Å². The molecule has 0 saturated heterocycles. The minimum Gasteiger partial charge on any atom is -0.497 e. The van der Waals surface area contributed by atoms with E-state index in [-0.39, 0.29) is 23.7 Å². The second-order valence-corrected chi connectivity index (χ2v) is 15.4. The SMILES string of the molecule is C=C[C@@]12CCc3cc(OC)ccc3[C@H]1CC[C@@]1(C)[C@H]2CC[C@@]1(O[Si](C)(C)C)C(F)(F)F. The van der Waals surface area contributed by atoms with E-state index in [9.17, 15) is 13.2 Å². The molecule has 4 rings (SSSR count). The third-order valence-electron chi connectivity index (χ3n) is 8.60. The van der Waals surface area contributed by atoms with Crippen LogP contribution in [0.3, 0.4) is 0 Å². The zero-order chi connectivity index (χ0) is 22.9. The summed E-state index contributed by atoms with van der Waals surface area (Å²) in [6.45, 7) is 11.7. The van der Waals surface area contributed by atoms with E-state index in [0.29, 0.717) is 12.8 Å². The maximum absolute atomic E-state index is 14.8. The van der Waals surface area contributed by atoms with Gasteiger partial charge in [-0.05, 0) is 98.7 Å². The number of allylic oxidation sites excluding steroid dienone is 1. The molecule has 0 bridgehead atoms. The third-order valence-corrected chi connectivity index (χ3v) is 9.56. The second kappa shape index (κ2) is 7.11. The fourth-order valence-corrected chi connectivity index (χ4v) is 8.93. The number of aryl methyl sites for hydroxylation is 1. The molecule has 3 aliphatic rings. The van der Waals surface area contributed by atoms with Crippen LogP contribution < -0.4 is 4.74 Å². The van der Waals surface area contributed by atoms with Crippen molar-refractivity contribution in [3.8, 4) is 5.75 Å². The van der Waals surface area contributed by atoms with Crippen LogP contribution in [0.2, 0.25) is 19.6 Å². The van der Waals surface area contributed by atoms with Gasteiger partial charge in [0.15, 0.2) is 13.9 Å². The highest BCUT2D eigenvalue weighted by molar-refractivity contribution is 6.69. The monoisotopic (exact) mass is 452 g/mol. The third kappa shape index (κ3) is 3.15. The predicted molar refractivity (Wildman–Crippen MR) is 120 cm³/mol. The average molecular weight is 453 g/mol. The van der Waals surface area contributed by atoms with Crippen LogP contribution in [0.25, 0.3) is 0 Å². The summed E-state index contributed by atoms with van der Waals surface area (Å²) in [5.74, 6) is 0.948. The van der Waals surface area contributed by atoms with Gasteiger partial charge in [0.1, 0.15) is 5.75 Å². The van der Waals surface area contributed by atoms with Crippen LogP contribution in [-0.2, 0) is 10.8 Å². The molecule has 1 aromatic carbocycles. The molecule has 0 N–H and O–H groups in total. The van der Waals surface area contributed by atoms with Crippen LogP contribution in [0.4, 0.5) is 13.2 Å². The van der Waals surface area contributed by atoms with Crippen LogP contribution in [0, 0.1) is 16.7 Å². The number of fused-ring (bicyclic) bond motifs is 5. The van der Waals surface area contributed by atoms with Crippen molar-refractivity contribution in [1.82, 2.24) is 0 Å². The van der Waals surface area contributed by atoms with Crippen molar-refractivity contribution in [3.63, 3.8) is 0 Å². The maximum atomic E-state index is 14.8. The molecule has 2 fully saturated rings. The van der Waals surface area contributed by atoms with Gasteiger partial charge in [-0.2, -0.15) is 13.2 Å². The lowest BCUT2D eigenvalue weighted by atomic mass is 9.46. The smallest absolute Gasteiger partial charge is 0.416 e. The molecular formula is C25H35F3O2Si. The predicted octanol–water partition coefficient (Wildman–Crippen LogP) is 7.26. The van der Waals surface area contributed by atoms with E-state index in [1.807, 2.05) is 38.7 Å². The lowest BCUT2D eigenvalue weighted by molar-refractivity contribution is -0.294. The molecule has 2 saturated carbocycles. The Morgan fingerprint density at radius 2 is 1.84 bits per heavy atom. The molecule has 31 heavy (non-hydrogen) atoms. The molecular weight excluding hydrogens is 417 g/mol. The summed E-state index contributed by atoms with van der Waals surface area (Å²) in [5.41, 5.74) is -0.797. The number of methoxy groups -OCH3 is 1. The molecule has 0 spiro atoms. The van der Waals surface area contributed by atoms with Gasteiger partial charge in [-0.3, -0.25) is 0 Å². The molecule has 1 aromatic rings. The van der Waals surface area contributed by atoms with Crippen molar-refractivity contribution in [2.24, 2.45) is 16.7 Å². The Morgan fingerprint density at radius 1 is 1.13 bits per heavy atom. The zero-order valence-electron chi connectivity index (χ0n) is 19.4. The van der Waals surface area contributed by atoms with E-state index in [1.165, 1.54) is 11.1 Å². The minimum absolute atomic E-state index is 0.0553. The fraction of sp³-hybridized carbons (Fsp3) is 0.680. The van der Waals surface area contributed by atoms with Crippen molar-refractivity contribution in [2.45, 2.75) is 82.8 Å². The van der Waals surface area contributed by atoms with Gasteiger partial charge in [0.2, 0.25) is 0 Å². The molecule has 172 valence electrons. The van der Waals surface area contributed by atoms with E-state index in [0.717, 1.165) is 25.0 Å². The summed E-state index contributed by atoms with van der Waals surface area (Å²) in [6, 6.07) is 6.21. The van der Waals surface area contributed by atoms with Gasteiger partial charge in [-0.25, -0.2) is 0 Å². The standard InChI is InChI=1S/C25H35F3O2Si/c1-7-23-14-10-17-16-18(29-3)8-9-19(17)20(23)11-13-22(2)21(23)12-15-24(22,25(26,27)28)30-31(4,5)6/h7-9,16,20-21H,1,10-15H2,2-6H3/t20-,21-,22+,23-,24+/m1/s1. The van der Waals surface area contributed by atoms with Gasteiger partial charge in [0, 0.05) is 5.41 Å². The van der Waals surface area contributed by atoms with Gasteiger partial charge in [-0.1, -0.05) is 19.1 Å². The molecule has 6 heteroatoms. The highest BCUT2D eigenvalue weighted by Crippen LogP contribution is 2.73. The van der Waals surface area contributed by atoms with Crippen molar-refractivity contribution in [2.75, 3.05) is 7.11 Å². The number of halogens is 3. The molecule has 0 heterocycles. The Bertz CT molecular complexity index is 876. The van der Waals surface area contributed by atoms with Gasteiger partial charge < -0.3 is 9.16 Å². The van der Waals surface area contributed by atoms with Crippen molar-refractivity contribution in [1.29, 1.82) is 0 Å². The largest absolute Gasteiger partial charge is 0.497 e. The van der Waals surface area contributed by atoms with E-state index >= 15 is 0 Å². The normalized spacial score (nSPS) is 37.5. The van der Waals surface area contributed by atoms with E-state index < -0.39 is 25.5 Å². The molecule has 0 unspecified atom stereocenters. The summed E-state index contributed by atoms with van der Waals surface area (Å²) < 4.78 is 55.9. The Hall–Kier alpha value is -1.27. The average Bonchev–Trinajstić information content (AvgIpc) is 2.99. The zero-order valence-corrected chi connectivity index (χ0v) is 20.4. The van der Waals surface area contributed by atoms with Gasteiger partial charge >= 0.3 is 6.18 Å². The van der Waals surface area contributed by atoms with Crippen LogP contribution in [-0.4, -0.2) is 27.2 Å². The van der Waals surface area contributed by atoms with Gasteiger partial charge in [-0.15, -0.1) is 6.58 Å². The van der Waals surface area contributed by atoms with Crippen LogP contribution in [0.15, 0.2) is 30.9 Å². The lowest BCUT2D eigenvalue weighted by Gasteiger charge is -2.60. The first kappa shape index (κ1) is 22.9. The number of benzene rings is 1. The van der Waals surface area contributed by atoms with Gasteiger partial charge in [0.05, 0.1) is 7.11 Å². The number of hydrogen-bond acceptors (Lipinski definition) is 2. The molecule has 0 amide bonds. The Labute approximate surface area is 185 Å². The first-order valence-electron chi connectivity index (χ1n) is 11.4. The lowest BCUT2D eigenvalue weighted by Crippen LogP contribution is -2.64. The summed E-state index contributed by atoms with van der Waals surface area (Å²) in [6.07, 6.45) is 1.14. The van der Waals surface area contributed by atoms with Crippen molar-refractivity contribution in [3.05, 3.63) is 42.0 Å². The molecule has 3 aliphatic carbocycles. The molecule has 0 aromatic heterocycles. The van der Waals surface area contributed by atoms with Gasteiger partial charge in [0.25, 0.3) is 0 Å². The number of rotatable bonds is 4. The summed E-state index contributed by atoms with van der Waals surface area (Å²) >= 11 is 0. The topological polar surface area (TPSA) is 18.5 Å². The van der Waals surface area contributed by atoms with Crippen LogP contribution in [0.5, 0.6) is 5.75 Å². The Morgan fingerprint density at radius 3 is 2.42 bits per heavy atom. The first-order chi connectivity index (χ1) is 14.3. The van der Waals surface area contributed by atoms with Crippen molar-refractivity contribution >= 4 is 8.32 Å². The summed E-state index contributed by atoms with van der Waals surface area (Å²) in [4.78, 5) is 0. The molecule has 0 radical (unpaired) electrons. The van der Waals surface area contributed by atoms with Crippen LogP contribution >= 0.6 is 0 Å². The highest BCUT2D eigenvalue weighted by atomic mass is 28.4. The minimum atomic E-state index is -4.38. The van der Waals surface area contributed by atoms with Crippen LogP contribution in [0.1, 0.15) is 56.1 Å².